The van der Waals surface area contributed by atoms with Crippen molar-refractivity contribution in [2.75, 3.05) is 6.54 Å². The first kappa shape index (κ1) is 15.2. The Kier molecular flexibility index (Phi) is 5.04. The SMILES string of the molecule is CCCCNC(=O)C(C)Oc1cc2ccccc2cc1O. The van der Waals surface area contributed by atoms with Crippen molar-refractivity contribution in [3.05, 3.63) is 36.4 Å². The Labute approximate surface area is 124 Å². The number of carbonyl (C=O) groups excluding carboxylic acids is 1. The van der Waals surface area contributed by atoms with Crippen molar-refractivity contribution in [2.24, 2.45) is 0 Å². The number of phenolic OH excluding ortho intramolecular Hbond substituents is 1. The normalized spacial score (nSPS) is 12.1. The van der Waals surface area contributed by atoms with Gasteiger partial charge in [0.1, 0.15) is 0 Å². The number of aromatic hydroxyl groups is 1. The molecule has 0 fully saturated rings. The number of hydrogen-bond acceptors (Lipinski definition) is 3. The highest BCUT2D eigenvalue weighted by Crippen LogP contribution is 2.31. The van der Waals surface area contributed by atoms with Crippen LogP contribution < -0.4 is 10.1 Å². The van der Waals surface area contributed by atoms with Gasteiger partial charge in [0.05, 0.1) is 0 Å². The summed E-state index contributed by atoms with van der Waals surface area (Å²) in [6, 6.07) is 11.1. The molecule has 21 heavy (non-hydrogen) atoms. The number of carbonyl (C=O) groups is 1. The molecule has 4 nitrogen and oxygen atoms in total. The van der Waals surface area contributed by atoms with Crippen molar-refractivity contribution in [3.8, 4) is 11.5 Å². The first-order valence-corrected chi connectivity index (χ1v) is 7.28. The summed E-state index contributed by atoms with van der Waals surface area (Å²) >= 11 is 0. The van der Waals surface area contributed by atoms with E-state index in [1.165, 1.54) is 0 Å². The molecule has 0 aliphatic rings. The highest BCUT2D eigenvalue weighted by molar-refractivity contribution is 5.86. The summed E-state index contributed by atoms with van der Waals surface area (Å²) in [5.41, 5.74) is 0. The van der Waals surface area contributed by atoms with Crippen LogP contribution in [0.15, 0.2) is 36.4 Å². The minimum atomic E-state index is -0.645. The van der Waals surface area contributed by atoms with Crippen molar-refractivity contribution in [2.45, 2.75) is 32.8 Å². The van der Waals surface area contributed by atoms with Crippen molar-refractivity contribution in [1.82, 2.24) is 5.32 Å². The van der Waals surface area contributed by atoms with Gasteiger partial charge in [0, 0.05) is 6.54 Å². The van der Waals surface area contributed by atoms with Crippen molar-refractivity contribution >= 4 is 16.7 Å². The van der Waals surface area contributed by atoms with E-state index < -0.39 is 6.10 Å². The summed E-state index contributed by atoms with van der Waals surface area (Å²) in [4.78, 5) is 11.9. The maximum Gasteiger partial charge on any atom is 0.260 e. The Balaban J connectivity index is 2.08. The number of hydrogen-bond donors (Lipinski definition) is 2. The van der Waals surface area contributed by atoms with E-state index in [9.17, 15) is 9.90 Å². The van der Waals surface area contributed by atoms with Crippen LogP contribution in [-0.4, -0.2) is 23.7 Å². The molecule has 2 rings (SSSR count). The minimum absolute atomic E-state index is 0.0434. The molecule has 0 saturated heterocycles. The predicted octanol–water partition coefficient (Wildman–Crippen LogP) is 3.23. The molecule has 0 spiro atoms. The number of amides is 1. The molecule has 2 N–H and O–H groups in total. The number of rotatable bonds is 6. The van der Waals surface area contributed by atoms with Crippen LogP contribution in [0.2, 0.25) is 0 Å². The zero-order valence-corrected chi connectivity index (χ0v) is 12.4. The Morgan fingerprint density at radius 2 is 1.95 bits per heavy atom. The van der Waals surface area contributed by atoms with Crippen molar-refractivity contribution < 1.29 is 14.6 Å². The van der Waals surface area contributed by atoms with E-state index in [2.05, 4.69) is 12.2 Å². The van der Waals surface area contributed by atoms with Crippen LogP contribution in [0.4, 0.5) is 0 Å². The monoisotopic (exact) mass is 287 g/mol. The van der Waals surface area contributed by atoms with Crippen molar-refractivity contribution in [3.63, 3.8) is 0 Å². The Bertz CT molecular complexity index is 624. The highest BCUT2D eigenvalue weighted by atomic mass is 16.5. The summed E-state index contributed by atoms with van der Waals surface area (Å²) in [6.45, 7) is 4.39. The molecule has 1 atom stereocenters. The van der Waals surface area contributed by atoms with Crippen LogP contribution in [0.1, 0.15) is 26.7 Å². The molecule has 0 aliphatic carbocycles. The fourth-order valence-electron chi connectivity index (χ4n) is 2.08. The zero-order chi connectivity index (χ0) is 15.2. The van der Waals surface area contributed by atoms with Gasteiger partial charge >= 0.3 is 0 Å². The maximum atomic E-state index is 11.9. The van der Waals surface area contributed by atoms with Crippen LogP contribution in [0.25, 0.3) is 10.8 Å². The zero-order valence-electron chi connectivity index (χ0n) is 12.4. The lowest BCUT2D eigenvalue weighted by molar-refractivity contribution is -0.127. The van der Waals surface area contributed by atoms with Gasteiger partial charge in [-0.25, -0.2) is 0 Å². The summed E-state index contributed by atoms with van der Waals surface area (Å²) in [7, 11) is 0. The first-order valence-electron chi connectivity index (χ1n) is 7.28. The smallest absolute Gasteiger partial charge is 0.260 e. The van der Waals surface area contributed by atoms with E-state index in [0.717, 1.165) is 23.6 Å². The summed E-state index contributed by atoms with van der Waals surface area (Å²) in [5, 5.41) is 14.7. The molecule has 1 unspecified atom stereocenters. The van der Waals surface area contributed by atoms with E-state index in [1.54, 1.807) is 19.1 Å². The molecule has 0 radical (unpaired) electrons. The molecule has 4 heteroatoms. The second-order valence-corrected chi connectivity index (χ2v) is 5.07. The van der Waals surface area contributed by atoms with Gasteiger partial charge in [-0.3, -0.25) is 4.79 Å². The van der Waals surface area contributed by atoms with Gasteiger partial charge < -0.3 is 15.2 Å². The van der Waals surface area contributed by atoms with Gasteiger partial charge in [-0.2, -0.15) is 0 Å². The minimum Gasteiger partial charge on any atom is -0.504 e. The number of ether oxygens (including phenoxy) is 1. The largest absolute Gasteiger partial charge is 0.504 e. The average Bonchev–Trinajstić information content (AvgIpc) is 2.48. The number of nitrogens with one attached hydrogen (secondary N) is 1. The first-order chi connectivity index (χ1) is 10.1. The Morgan fingerprint density at radius 1 is 1.29 bits per heavy atom. The van der Waals surface area contributed by atoms with Crippen LogP contribution in [0.5, 0.6) is 11.5 Å². The van der Waals surface area contributed by atoms with Gasteiger partial charge in [-0.15, -0.1) is 0 Å². The number of fused-ring (bicyclic) bond motifs is 1. The van der Waals surface area contributed by atoms with Crippen LogP contribution >= 0.6 is 0 Å². The van der Waals surface area contributed by atoms with Crippen LogP contribution in [-0.2, 0) is 4.79 Å². The highest BCUT2D eigenvalue weighted by Gasteiger charge is 2.16. The van der Waals surface area contributed by atoms with E-state index in [1.807, 2.05) is 24.3 Å². The summed E-state index contributed by atoms with van der Waals surface area (Å²) in [5.74, 6) is 0.199. The predicted molar refractivity (Wildman–Crippen MR) is 83.6 cm³/mol. The second kappa shape index (κ2) is 6.97. The fourth-order valence-corrected chi connectivity index (χ4v) is 2.08. The third kappa shape index (κ3) is 3.88. The Morgan fingerprint density at radius 3 is 2.62 bits per heavy atom. The molecule has 0 heterocycles. The molecule has 0 bridgehead atoms. The van der Waals surface area contributed by atoms with Gasteiger partial charge in [0.2, 0.25) is 0 Å². The van der Waals surface area contributed by atoms with Gasteiger partial charge in [0.25, 0.3) is 5.91 Å². The van der Waals surface area contributed by atoms with E-state index in [-0.39, 0.29) is 11.7 Å². The van der Waals surface area contributed by atoms with Gasteiger partial charge in [-0.05, 0) is 36.2 Å². The quantitative estimate of drug-likeness (QED) is 0.802. The number of phenols is 1. The molecule has 0 saturated carbocycles. The van der Waals surface area contributed by atoms with E-state index >= 15 is 0 Å². The molecular weight excluding hydrogens is 266 g/mol. The summed E-state index contributed by atoms with van der Waals surface area (Å²) in [6.07, 6.45) is 1.33. The third-order valence-corrected chi connectivity index (χ3v) is 3.33. The lowest BCUT2D eigenvalue weighted by Gasteiger charge is -2.16. The standard InChI is InChI=1S/C17H21NO3/c1-3-4-9-18-17(20)12(2)21-16-11-14-8-6-5-7-13(14)10-15(16)19/h5-8,10-12,19H,3-4,9H2,1-2H3,(H,18,20). The summed E-state index contributed by atoms with van der Waals surface area (Å²) < 4.78 is 5.58. The molecule has 1 amide bonds. The topological polar surface area (TPSA) is 58.6 Å². The van der Waals surface area contributed by atoms with E-state index in [4.69, 9.17) is 4.74 Å². The molecule has 0 aromatic heterocycles. The number of unbranched alkanes of at least 4 members (excludes halogenated alkanes) is 1. The van der Waals surface area contributed by atoms with Crippen molar-refractivity contribution in [1.29, 1.82) is 0 Å². The van der Waals surface area contributed by atoms with Gasteiger partial charge in [0.15, 0.2) is 17.6 Å². The molecule has 0 aliphatic heterocycles. The molecular formula is C17H21NO3. The van der Waals surface area contributed by atoms with Crippen LogP contribution in [0.3, 0.4) is 0 Å². The third-order valence-electron chi connectivity index (χ3n) is 3.33. The molecule has 2 aromatic rings. The maximum absolute atomic E-state index is 11.9. The van der Waals surface area contributed by atoms with Crippen LogP contribution in [0, 0.1) is 0 Å². The fraction of sp³-hybridized carbons (Fsp3) is 0.353. The second-order valence-electron chi connectivity index (χ2n) is 5.07. The average molecular weight is 287 g/mol. The van der Waals surface area contributed by atoms with E-state index in [0.29, 0.717) is 12.3 Å². The Hall–Kier alpha value is -2.23. The van der Waals surface area contributed by atoms with Gasteiger partial charge in [-0.1, -0.05) is 37.6 Å². The lowest BCUT2D eigenvalue weighted by atomic mass is 10.1. The molecule has 2 aromatic carbocycles. The lowest BCUT2D eigenvalue weighted by Crippen LogP contribution is -2.36. The number of benzene rings is 2. The molecule has 112 valence electrons.